The van der Waals surface area contributed by atoms with Crippen molar-refractivity contribution in [1.82, 2.24) is 0 Å². The molecule has 0 fully saturated rings. The van der Waals surface area contributed by atoms with Crippen molar-refractivity contribution in [3.63, 3.8) is 0 Å². The molecule has 0 aliphatic carbocycles. The van der Waals surface area contributed by atoms with Gasteiger partial charge in [-0.25, -0.2) is 4.39 Å². The second kappa shape index (κ2) is 9.17. The van der Waals surface area contributed by atoms with E-state index < -0.39 is 57.9 Å². The second-order valence-corrected chi connectivity index (χ2v) is 8.86. The van der Waals surface area contributed by atoms with Crippen LogP contribution in [0.1, 0.15) is 19.8 Å². The molecule has 29 heavy (non-hydrogen) atoms. The summed E-state index contributed by atoms with van der Waals surface area (Å²) >= 11 is 0. The normalized spacial score (nSPS) is 16.2. The van der Waals surface area contributed by atoms with Crippen molar-refractivity contribution in [3.05, 3.63) is 0 Å². The third kappa shape index (κ3) is 5.91. The van der Waals surface area contributed by atoms with Gasteiger partial charge in [-0.2, -0.15) is 48.3 Å². The van der Waals surface area contributed by atoms with Crippen LogP contribution in [0.2, 0.25) is 6.04 Å². The van der Waals surface area contributed by atoms with Crippen LogP contribution >= 0.6 is 0 Å². The third-order valence-electron chi connectivity index (χ3n) is 3.73. The van der Waals surface area contributed by atoms with Crippen LogP contribution in [0.5, 0.6) is 0 Å². The zero-order chi connectivity index (χ0) is 23.5. The van der Waals surface area contributed by atoms with Gasteiger partial charge in [-0.05, 0) is 0 Å². The highest BCUT2D eigenvalue weighted by molar-refractivity contribution is 6.60. The fourth-order valence-corrected chi connectivity index (χ4v) is 4.01. The van der Waals surface area contributed by atoms with Gasteiger partial charge in [-0.1, -0.05) is 13.3 Å². The van der Waals surface area contributed by atoms with Crippen molar-refractivity contribution < 1.29 is 66.0 Å². The standard InChI is InChI=1S/C13H18F12O3Si/c1-4-5-29(26-2,27-3)28-7-9(15,16)12(22,23)13(24,25)11(20,21)8(14)6-10(17,18)19/h8H,4-7H2,1-3H3/t8-/m1/s1. The molecule has 1 atom stereocenters. The van der Waals surface area contributed by atoms with Crippen molar-refractivity contribution in [3.8, 4) is 0 Å². The molecule has 0 spiro atoms. The summed E-state index contributed by atoms with van der Waals surface area (Å²) in [6.07, 6.45) is -13.8. The Morgan fingerprint density at radius 3 is 1.59 bits per heavy atom. The quantitative estimate of drug-likeness (QED) is 0.275. The summed E-state index contributed by atoms with van der Waals surface area (Å²) in [7, 11) is -2.32. The molecule has 0 aromatic carbocycles. The lowest BCUT2D eigenvalue weighted by Crippen LogP contribution is -2.66. The molecule has 0 amide bonds. The smallest absolute Gasteiger partial charge is 0.377 e. The van der Waals surface area contributed by atoms with Gasteiger partial charge in [0.15, 0.2) is 6.17 Å². The highest BCUT2D eigenvalue weighted by Gasteiger charge is 2.82. The van der Waals surface area contributed by atoms with Gasteiger partial charge in [0.1, 0.15) is 6.61 Å². The van der Waals surface area contributed by atoms with E-state index in [0.29, 0.717) is 0 Å². The average molecular weight is 478 g/mol. The Morgan fingerprint density at radius 1 is 0.793 bits per heavy atom. The van der Waals surface area contributed by atoms with Gasteiger partial charge in [0.25, 0.3) is 0 Å². The lowest BCUT2D eigenvalue weighted by Gasteiger charge is -2.38. The molecule has 0 saturated heterocycles. The molecule has 0 bridgehead atoms. The van der Waals surface area contributed by atoms with Crippen LogP contribution < -0.4 is 0 Å². The number of rotatable bonds is 12. The van der Waals surface area contributed by atoms with E-state index in [1.165, 1.54) is 6.92 Å². The van der Waals surface area contributed by atoms with Crippen LogP contribution in [0.3, 0.4) is 0 Å². The summed E-state index contributed by atoms with van der Waals surface area (Å²) < 4.78 is 171. The molecule has 0 aliphatic rings. The van der Waals surface area contributed by atoms with Crippen molar-refractivity contribution in [1.29, 1.82) is 0 Å². The predicted molar refractivity (Wildman–Crippen MR) is 76.2 cm³/mol. The third-order valence-corrected chi connectivity index (χ3v) is 6.67. The Hall–Kier alpha value is -0.743. The average Bonchev–Trinajstić information content (AvgIpc) is 2.56. The second-order valence-electron chi connectivity index (χ2n) is 5.89. The van der Waals surface area contributed by atoms with E-state index in [0.717, 1.165) is 14.2 Å². The van der Waals surface area contributed by atoms with E-state index in [2.05, 4.69) is 13.3 Å². The first kappa shape index (κ1) is 28.3. The molecule has 0 saturated carbocycles. The van der Waals surface area contributed by atoms with Gasteiger partial charge in [-0.15, -0.1) is 0 Å². The minimum absolute atomic E-state index is 0.144. The minimum Gasteiger partial charge on any atom is -0.377 e. The highest BCUT2D eigenvalue weighted by atomic mass is 28.4. The largest absolute Gasteiger partial charge is 0.500 e. The fourth-order valence-electron chi connectivity index (χ4n) is 2.04. The molecule has 0 heterocycles. The molecule has 0 unspecified atom stereocenters. The molecule has 0 rings (SSSR count). The SMILES string of the molecule is CCC[Si](OC)(OC)OCC(F)(F)C(F)(F)C(F)(F)C(F)(F)[C@H](F)CC(F)(F)F. The first-order chi connectivity index (χ1) is 12.8. The van der Waals surface area contributed by atoms with Crippen LogP contribution in [-0.4, -0.2) is 65.7 Å². The lowest BCUT2D eigenvalue weighted by molar-refractivity contribution is -0.381. The van der Waals surface area contributed by atoms with Gasteiger partial charge in [0, 0.05) is 20.3 Å². The van der Waals surface area contributed by atoms with E-state index in [4.69, 9.17) is 0 Å². The van der Waals surface area contributed by atoms with Gasteiger partial charge in [0.05, 0.1) is 6.42 Å². The van der Waals surface area contributed by atoms with Crippen LogP contribution in [0.25, 0.3) is 0 Å². The van der Waals surface area contributed by atoms with Crippen LogP contribution in [0, 0.1) is 0 Å². The summed E-state index contributed by atoms with van der Waals surface area (Å²) in [5.74, 6) is -27.0. The number of halogens is 12. The maximum atomic E-state index is 13.8. The first-order valence-electron chi connectivity index (χ1n) is 7.73. The van der Waals surface area contributed by atoms with E-state index in [-0.39, 0.29) is 12.5 Å². The lowest BCUT2D eigenvalue weighted by atomic mass is 9.94. The van der Waals surface area contributed by atoms with Crippen molar-refractivity contribution in [2.24, 2.45) is 0 Å². The molecule has 0 aromatic heterocycles. The summed E-state index contributed by atoms with van der Waals surface area (Å²) in [5, 5.41) is 0. The van der Waals surface area contributed by atoms with Gasteiger partial charge in [-0.3, -0.25) is 0 Å². The number of hydrogen-bond acceptors (Lipinski definition) is 3. The van der Waals surface area contributed by atoms with E-state index >= 15 is 0 Å². The van der Waals surface area contributed by atoms with Gasteiger partial charge >= 0.3 is 38.7 Å². The first-order valence-corrected chi connectivity index (χ1v) is 9.66. The van der Waals surface area contributed by atoms with Crippen LogP contribution in [-0.2, 0) is 13.3 Å². The summed E-state index contributed by atoms with van der Waals surface area (Å²) in [4.78, 5) is 0. The molecule has 0 radical (unpaired) electrons. The Morgan fingerprint density at radius 2 is 1.24 bits per heavy atom. The summed E-state index contributed by atoms with van der Waals surface area (Å²) in [6, 6.07) is -0.244. The van der Waals surface area contributed by atoms with E-state index in [9.17, 15) is 52.7 Å². The molecule has 176 valence electrons. The Balaban J connectivity index is 5.79. The van der Waals surface area contributed by atoms with Crippen LogP contribution in [0.15, 0.2) is 0 Å². The van der Waals surface area contributed by atoms with Crippen LogP contribution in [0.4, 0.5) is 52.7 Å². The van der Waals surface area contributed by atoms with Crippen molar-refractivity contribution in [2.45, 2.75) is 61.8 Å². The van der Waals surface area contributed by atoms with Gasteiger partial charge in [0.2, 0.25) is 0 Å². The van der Waals surface area contributed by atoms with E-state index in [1.807, 2.05) is 0 Å². The predicted octanol–water partition coefficient (Wildman–Crippen LogP) is 5.48. The number of hydrogen-bond donors (Lipinski definition) is 0. The summed E-state index contributed by atoms with van der Waals surface area (Å²) in [6.45, 7) is -1.14. The molecule has 0 aliphatic heterocycles. The monoisotopic (exact) mass is 478 g/mol. The minimum atomic E-state index is -7.20. The zero-order valence-electron chi connectivity index (χ0n) is 15.2. The molecule has 3 nitrogen and oxygen atoms in total. The number of alkyl halides is 12. The zero-order valence-corrected chi connectivity index (χ0v) is 16.2. The molecule has 0 N–H and O–H groups in total. The Bertz CT molecular complexity index is 522. The fraction of sp³-hybridized carbons (Fsp3) is 1.00. The summed E-state index contributed by atoms with van der Waals surface area (Å²) in [5.41, 5.74) is 0. The topological polar surface area (TPSA) is 27.7 Å². The Kier molecular flexibility index (Phi) is 8.94. The Labute approximate surface area is 158 Å². The van der Waals surface area contributed by atoms with E-state index in [1.54, 1.807) is 0 Å². The molecule has 16 heteroatoms. The molecule has 0 aromatic rings. The maximum Gasteiger partial charge on any atom is 0.500 e. The van der Waals surface area contributed by atoms with Crippen molar-refractivity contribution in [2.75, 3.05) is 20.8 Å². The van der Waals surface area contributed by atoms with Crippen molar-refractivity contribution >= 4 is 8.80 Å². The highest BCUT2D eigenvalue weighted by Crippen LogP contribution is 2.55. The molecular formula is C13H18F12O3Si. The molecular weight excluding hydrogens is 460 g/mol. The van der Waals surface area contributed by atoms with Gasteiger partial charge < -0.3 is 13.3 Å². The maximum absolute atomic E-state index is 13.8.